The van der Waals surface area contributed by atoms with E-state index in [0.29, 0.717) is 36.3 Å². The standard InChI is InChI=1S/C15H19N5O2/c1-10(2)7-13(21)20-6-3-11(9-20)14-18-15(22-19-14)12-8-16-4-5-17-12/h4-5,8,10-11H,3,6-7,9H2,1-2H3. The third kappa shape index (κ3) is 3.13. The highest BCUT2D eigenvalue weighted by Crippen LogP contribution is 2.27. The van der Waals surface area contributed by atoms with Gasteiger partial charge in [-0.3, -0.25) is 9.78 Å². The van der Waals surface area contributed by atoms with Gasteiger partial charge in [-0.25, -0.2) is 4.98 Å². The van der Waals surface area contributed by atoms with E-state index < -0.39 is 0 Å². The first kappa shape index (κ1) is 14.6. The summed E-state index contributed by atoms with van der Waals surface area (Å²) in [6, 6.07) is 0. The number of likely N-dealkylation sites (tertiary alicyclic amines) is 1. The van der Waals surface area contributed by atoms with Crippen LogP contribution in [0.1, 0.15) is 38.4 Å². The van der Waals surface area contributed by atoms with Crippen LogP contribution in [0.5, 0.6) is 0 Å². The maximum absolute atomic E-state index is 12.1. The van der Waals surface area contributed by atoms with Crippen molar-refractivity contribution in [3.8, 4) is 11.6 Å². The number of rotatable bonds is 4. The van der Waals surface area contributed by atoms with Crippen LogP contribution < -0.4 is 0 Å². The molecular weight excluding hydrogens is 282 g/mol. The van der Waals surface area contributed by atoms with Gasteiger partial charge in [0, 0.05) is 37.8 Å². The Labute approximate surface area is 128 Å². The highest BCUT2D eigenvalue weighted by atomic mass is 16.5. The predicted molar refractivity (Wildman–Crippen MR) is 78.7 cm³/mol. The highest BCUT2D eigenvalue weighted by molar-refractivity contribution is 5.76. The SMILES string of the molecule is CC(C)CC(=O)N1CCC(c2noc(-c3cnccn3)n2)C1. The van der Waals surface area contributed by atoms with Crippen molar-refractivity contribution < 1.29 is 9.32 Å². The van der Waals surface area contributed by atoms with Crippen LogP contribution in [0.3, 0.4) is 0 Å². The molecule has 116 valence electrons. The summed E-state index contributed by atoms with van der Waals surface area (Å²) in [5, 5.41) is 4.04. The molecule has 1 amide bonds. The molecule has 7 heteroatoms. The van der Waals surface area contributed by atoms with Crippen LogP contribution in [-0.2, 0) is 4.79 Å². The average Bonchev–Trinajstić information content (AvgIpc) is 3.17. The third-order valence-electron chi connectivity index (χ3n) is 3.71. The molecule has 7 nitrogen and oxygen atoms in total. The van der Waals surface area contributed by atoms with Gasteiger partial charge in [0.25, 0.3) is 5.89 Å². The van der Waals surface area contributed by atoms with Gasteiger partial charge in [-0.15, -0.1) is 0 Å². The third-order valence-corrected chi connectivity index (χ3v) is 3.71. The van der Waals surface area contributed by atoms with Crippen LogP contribution in [0.25, 0.3) is 11.6 Å². The maximum atomic E-state index is 12.1. The number of hydrogen-bond acceptors (Lipinski definition) is 6. The average molecular weight is 301 g/mol. The lowest BCUT2D eigenvalue weighted by Crippen LogP contribution is -2.29. The molecule has 22 heavy (non-hydrogen) atoms. The number of aromatic nitrogens is 4. The minimum absolute atomic E-state index is 0.130. The van der Waals surface area contributed by atoms with Crippen LogP contribution in [0.2, 0.25) is 0 Å². The summed E-state index contributed by atoms with van der Waals surface area (Å²) in [6.45, 7) is 5.52. The topological polar surface area (TPSA) is 85.0 Å². The van der Waals surface area contributed by atoms with E-state index in [9.17, 15) is 4.79 Å². The zero-order chi connectivity index (χ0) is 15.5. The van der Waals surface area contributed by atoms with Gasteiger partial charge in [-0.2, -0.15) is 4.98 Å². The molecule has 0 radical (unpaired) electrons. The lowest BCUT2D eigenvalue weighted by Gasteiger charge is -2.16. The second-order valence-electron chi connectivity index (χ2n) is 5.97. The Morgan fingerprint density at radius 3 is 3.05 bits per heavy atom. The minimum Gasteiger partial charge on any atom is -0.342 e. The zero-order valence-electron chi connectivity index (χ0n) is 12.8. The first-order valence-electron chi connectivity index (χ1n) is 7.51. The Morgan fingerprint density at radius 1 is 1.45 bits per heavy atom. The van der Waals surface area contributed by atoms with Crippen LogP contribution >= 0.6 is 0 Å². The highest BCUT2D eigenvalue weighted by Gasteiger charge is 2.30. The quantitative estimate of drug-likeness (QED) is 0.857. The first-order chi connectivity index (χ1) is 10.6. The van der Waals surface area contributed by atoms with Crippen LogP contribution in [0.15, 0.2) is 23.1 Å². The molecular formula is C15H19N5O2. The monoisotopic (exact) mass is 301 g/mol. The number of nitrogens with zero attached hydrogens (tertiary/aromatic N) is 5. The van der Waals surface area contributed by atoms with Crippen molar-refractivity contribution in [3.05, 3.63) is 24.4 Å². The Kier molecular flexibility index (Phi) is 4.13. The molecule has 0 aromatic carbocycles. The van der Waals surface area contributed by atoms with Crippen molar-refractivity contribution in [2.24, 2.45) is 5.92 Å². The zero-order valence-corrected chi connectivity index (χ0v) is 12.8. The molecule has 1 unspecified atom stereocenters. The van der Waals surface area contributed by atoms with Crippen molar-refractivity contribution in [1.29, 1.82) is 0 Å². The van der Waals surface area contributed by atoms with Gasteiger partial charge in [0.05, 0.1) is 6.20 Å². The largest absolute Gasteiger partial charge is 0.342 e. The normalized spacial score (nSPS) is 18.1. The van der Waals surface area contributed by atoms with E-state index in [1.54, 1.807) is 18.6 Å². The summed E-state index contributed by atoms with van der Waals surface area (Å²) in [4.78, 5) is 26.5. The molecule has 3 heterocycles. The Balaban J connectivity index is 1.67. The van der Waals surface area contributed by atoms with E-state index in [-0.39, 0.29) is 11.8 Å². The number of amides is 1. The van der Waals surface area contributed by atoms with Gasteiger partial charge in [0.2, 0.25) is 5.91 Å². The van der Waals surface area contributed by atoms with Gasteiger partial charge >= 0.3 is 0 Å². The van der Waals surface area contributed by atoms with E-state index in [1.165, 1.54) is 0 Å². The summed E-state index contributed by atoms with van der Waals surface area (Å²) in [6.07, 6.45) is 6.22. The Bertz CT molecular complexity index is 640. The van der Waals surface area contributed by atoms with Crippen LogP contribution in [-0.4, -0.2) is 44.0 Å². The molecule has 0 spiro atoms. The molecule has 1 fully saturated rings. The van der Waals surface area contributed by atoms with E-state index >= 15 is 0 Å². The second-order valence-corrected chi connectivity index (χ2v) is 5.97. The van der Waals surface area contributed by atoms with Crippen LogP contribution in [0.4, 0.5) is 0 Å². The minimum atomic E-state index is 0.130. The molecule has 0 bridgehead atoms. The summed E-state index contributed by atoms with van der Waals surface area (Å²) >= 11 is 0. The summed E-state index contributed by atoms with van der Waals surface area (Å²) in [5.41, 5.74) is 0.562. The fourth-order valence-corrected chi connectivity index (χ4v) is 2.59. The number of carbonyl (C=O) groups excluding carboxylic acids is 1. The molecule has 0 aliphatic carbocycles. The molecule has 0 N–H and O–H groups in total. The molecule has 1 saturated heterocycles. The van der Waals surface area contributed by atoms with E-state index in [0.717, 1.165) is 13.0 Å². The van der Waals surface area contributed by atoms with Gasteiger partial charge in [-0.05, 0) is 12.3 Å². The predicted octanol–water partition coefficient (Wildman–Crippen LogP) is 1.89. The van der Waals surface area contributed by atoms with E-state index in [2.05, 4.69) is 34.0 Å². The molecule has 2 aromatic rings. The fourth-order valence-electron chi connectivity index (χ4n) is 2.59. The number of carbonyl (C=O) groups is 1. The van der Waals surface area contributed by atoms with Crippen molar-refractivity contribution in [2.45, 2.75) is 32.6 Å². The Morgan fingerprint density at radius 2 is 2.32 bits per heavy atom. The van der Waals surface area contributed by atoms with E-state index in [4.69, 9.17) is 4.52 Å². The summed E-state index contributed by atoms with van der Waals surface area (Å²) in [5.74, 6) is 1.72. The fraction of sp³-hybridized carbons (Fsp3) is 0.533. The van der Waals surface area contributed by atoms with Gasteiger partial charge in [0.1, 0.15) is 5.69 Å². The van der Waals surface area contributed by atoms with Crippen molar-refractivity contribution >= 4 is 5.91 Å². The van der Waals surface area contributed by atoms with Crippen LogP contribution in [0, 0.1) is 5.92 Å². The summed E-state index contributed by atoms with van der Waals surface area (Å²) in [7, 11) is 0. The van der Waals surface area contributed by atoms with Gasteiger partial charge in [-0.1, -0.05) is 19.0 Å². The first-order valence-corrected chi connectivity index (χ1v) is 7.51. The van der Waals surface area contributed by atoms with Gasteiger partial charge < -0.3 is 9.42 Å². The maximum Gasteiger partial charge on any atom is 0.278 e. The smallest absolute Gasteiger partial charge is 0.278 e. The Hall–Kier alpha value is -2.31. The van der Waals surface area contributed by atoms with Crippen molar-refractivity contribution in [1.82, 2.24) is 25.0 Å². The molecule has 1 atom stereocenters. The summed E-state index contributed by atoms with van der Waals surface area (Å²) < 4.78 is 5.26. The van der Waals surface area contributed by atoms with Crippen molar-refractivity contribution in [2.75, 3.05) is 13.1 Å². The van der Waals surface area contributed by atoms with Gasteiger partial charge in [0.15, 0.2) is 5.82 Å². The molecule has 2 aromatic heterocycles. The van der Waals surface area contributed by atoms with E-state index in [1.807, 2.05) is 4.90 Å². The lowest BCUT2D eigenvalue weighted by atomic mass is 10.1. The molecule has 1 aliphatic heterocycles. The molecule has 1 aliphatic rings. The lowest BCUT2D eigenvalue weighted by molar-refractivity contribution is -0.130. The molecule has 0 saturated carbocycles. The molecule has 3 rings (SSSR count). The second kappa shape index (κ2) is 6.21. The number of hydrogen-bond donors (Lipinski definition) is 0. The van der Waals surface area contributed by atoms with Crippen molar-refractivity contribution in [3.63, 3.8) is 0 Å².